The summed E-state index contributed by atoms with van der Waals surface area (Å²) in [5.74, 6) is 0.964. The lowest BCUT2D eigenvalue weighted by Gasteiger charge is -2.29. The summed E-state index contributed by atoms with van der Waals surface area (Å²) in [6, 6.07) is 0. The summed E-state index contributed by atoms with van der Waals surface area (Å²) in [4.78, 5) is 2.21. The van der Waals surface area contributed by atoms with Gasteiger partial charge in [-0.15, -0.1) is 0 Å². The van der Waals surface area contributed by atoms with Crippen molar-refractivity contribution in [1.82, 2.24) is 14.7 Å². The molecule has 0 radical (unpaired) electrons. The molecule has 0 spiro atoms. The van der Waals surface area contributed by atoms with Gasteiger partial charge in [-0.3, -0.25) is 0 Å². The smallest absolute Gasteiger partial charge is 0.148 e. The maximum absolute atomic E-state index is 6.11. The first-order valence-corrected chi connectivity index (χ1v) is 6.98. The molecule has 0 unspecified atom stereocenters. The van der Waals surface area contributed by atoms with Crippen LogP contribution in [0.15, 0.2) is 0 Å². The number of hydrogen-bond acceptors (Lipinski definition) is 4. The molecule has 19 heavy (non-hydrogen) atoms. The normalized spacial score (nSPS) is 12.2. The summed E-state index contributed by atoms with van der Waals surface area (Å²) in [5.41, 5.74) is 7.97. The number of aromatic nitrogens is 2. The molecule has 0 aliphatic heterocycles. The fourth-order valence-electron chi connectivity index (χ4n) is 2.39. The van der Waals surface area contributed by atoms with Gasteiger partial charge >= 0.3 is 0 Å². The molecular weight excluding hydrogens is 238 g/mol. The van der Waals surface area contributed by atoms with Crippen molar-refractivity contribution in [1.29, 1.82) is 0 Å². The number of rotatable bonds is 7. The Labute approximate surface area is 117 Å². The van der Waals surface area contributed by atoms with Gasteiger partial charge in [0.25, 0.3) is 0 Å². The maximum atomic E-state index is 6.11. The van der Waals surface area contributed by atoms with Gasteiger partial charge in [0.2, 0.25) is 0 Å². The van der Waals surface area contributed by atoms with E-state index >= 15 is 0 Å². The fourth-order valence-corrected chi connectivity index (χ4v) is 2.39. The van der Waals surface area contributed by atoms with Crippen LogP contribution in [0.3, 0.4) is 0 Å². The van der Waals surface area contributed by atoms with Crippen molar-refractivity contribution in [3.8, 4) is 0 Å². The monoisotopic (exact) mass is 267 g/mol. The van der Waals surface area contributed by atoms with Crippen LogP contribution in [0.2, 0.25) is 0 Å². The summed E-state index contributed by atoms with van der Waals surface area (Å²) in [6.45, 7) is 11.4. The SMILES string of the molecule is CCCn1nc(C)c(N)c1NCC(C)(C)CN(C)C. The second-order valence-corrected chi connectivity index (χ2v) is 6.33. The Kier molecular flexibility index (Phi) is 5.23. The van der Waals surface area contributed by atoms with Crippen LogP contribution in [0.5, 0.6) is 0 Å². The average molecular weight is 267 g/mol. The zero-order chi connectivity index (χ0) is 14.6. The Bertz CT molecular complexity index is 406. The third-order valence-corrected chi connectivity index (χ3v) is 3.09. The molecule has 1 rings (SSSR count). The van der Waals surface area contributed by atoms with Crippen LogP contribution in [0.25, 0.3) is 0 Å². The first-order chi connectivity index (χ1) is 8.76. The van der Waals surface area contributed by atoms with Crippen molar-refractivity contribution >= 4 is 11.5 Å². The van der Waals surface area contributed by atoms with Gasteiger partial charge in [0.05, 0.1) is 11.4 Å². The summed E-state index contributed by atoms with van der Waals surface area (Å²) < 4.78 is 1.98. The van der Waals surface area contributed by atoms with Gasteiger partial charge in [-0.25, -0.2) is 4.68 Å². The number of nitrogens with one attached hydrogen (secondary N) is 1. The van der Waals surface area contributed by atoms with Crippen molar-refractivity contribution < 1.29 is 0 Å². The number of nitrogens with two attached hydrogens (primary N) is 1. The minimum absolute atomic E-state index is 0.186. The molecule has 3 N–H and O–H groups in total. The van der Waals surface area contributed by atoms with Crippen molar-refractivity contribution in [2.75, 3.05) is 38.2 Å². The first-order valence-electron chi connectivity index (χ1n) is 6.98. The molecule has 1 aromatic heterocycles. The standard InChI is InChI=1S/C14H29N5/c1-7-8-19-13(12(15)11(2)17-19)16-9-14(3,4)10-18(5)6/h16H,7-10,15H2,1-6H3. The summed E-state index contributed by atoms with van der Waals surface area (Å²) in [6.07, 6.45) is 1.05. The molecule has 0 atom stereocenters. The predicted molar refractivity (Wildman–Crippen MR) is 82.5 cm³/mol. The molecular formula is C14H29N5. The van der Waals surface area contributed by atoms with Gasteiger partial charge in [0, 0.05) is 19.6 Å². The van der Waals surface area contributed by atoms with E-state index in [4.69, 9.17) is 5.73 Å². The Morgan fingerprint density at radius 1 is 1.37 bits per heavy atom. The van der Waals surface area contributed by atoms with Crippen LogP contribution in [0.1, 0.15) is 32.9 Å². The van der Waals surface area contributed by atoms with E-state index in [-0.39, 0.29) is 5.41 Å². The molecule has 0 amide bonds. The second kappa shape index (κ2) is 6.28. The first kappa shape index (κ1) is 15.8. The Morgan fingerprint density at radius 3 is 2.53 bits per heavy atom. The third-order valence-electron chi connectivity index (χ3n) is 3.09. The zero-order valence-electron chi connectivity index (χ0n) is 13.2. The van der Waals surface area contributed by atoms with Crippen LogP contribution in [0.4, 0.5) is 11.5 Å². The van der Waals surface area contributed by atoms with Crippen LogP contribution < -0.4 is 11.1 Å². The van der Waals surface area contributed by atoms with E-state index in [1.807, 2.05) is 11.6 Å². The van der Waals surface area contributed by atoms with Crippen molar-refractivity contribution in [3.63, 3.8) is 0 Å². The average Bonchev–Trinajstić information content (AvgIpc) is 2.51. The Balaban J connectivity index is 2.76. The highest BCUT2D eigenvalue weighted by Crippen LogP contribution is 2.25. The van der Waals surface area contributed by atoms with Crippen molar-refractivity contribution in [3.05, 3.63) is 5.69 Å². The summed E-state index contributed by atoms with van der Waals surface area (Å²) >= 11 is 0. The Morgan fingerprint density at radius 2 is 2.00 bits per heavy atom. The maximum Gasteiger partial charge on any atom is 0.148 e. The number of nitrogens with zero attached hydrogens (tertiary/aromatic N) is 3. The van der Waals surface area contributed by atoms with Crippen LogP contribution in [-0.2, 0) is 6.54 Å². The lowest BCUT2D eigenvalue weighted by molar-refractivity contribution is 0.254. The fraction of sp³-hybridized carbons (Fsp3) is 0.786. The summed E-state index contributed by atoms with van der Waals surface area (Å²) in [7, 11) is 4.20. The molecule has 0 saturated heterocycles. The molecule has 0 saturated carbocycles. The highest BCUT2D eigenvalue weighted by molar-refractivity contribution is 5.64. The van der Waals surface area contributed by atoms with E-state index in [1.165, 1.54) is 0 Å². The molecule has 5 nitrogen and oxygen atoms in total. The Hall–Kier alpha value is -1.23. The molecule has 0 aliphatic rings. The van der Waals surface area contributed by atoms with E-state index < -0.39 is 0 Å². The minimum Gasteiger partial charge on any atom is -0.394 e. The van der Waals surface area contributed by atoms with E-state index in [1.54, 1.807) is 0 Å². The number of aryl methyl sites for hydroxylation is 2. The van der Waals surface area contributed by atoms with Crippen LogP contribution in [-0.4, -0.2) is 41.9 Å². The number of anilines is 2. The molecule has 0 aliphatic carbocycles. The highest BCUT2D eigenvalue weighted by atomic mass is 15.3. The number of nitrogen functional groups attached to an aromatic ring is 1. The second-order valence-electron chi connectivity index (χ2n) is 6.33. The van der Waals surface area contributed by atoms with E-state index in [0.717, 1.165) is 43.3 Å². The molecule has 110 valence electrons. The molecule has 0 bridgehead atoms. The summed E-state index contributed by atoms with van der Waals surface area (Å²) in [5, 5.41) is 7.96. The number of hydrogen-bond donors (Lipinski definition) is 2. The van der Waals surface area contributed by atoms with Gasteiger partial charge in [0.15, 0.2) is 0 Å². The van der Waals surface area contributed by atoms with Crippen molar-refractivity contribution in [2.24, 2.45) is 5.41 Å². The topological polar surface area (TPSA) is 59.1 Å². The van der Waals surface area contributed by atoms with Crippen molar-refractivity contribution in [2.45, 2.75) is 40.7 Å². The molecule has 5 heteroatoms. The van der Waals surface area contributed by atoms with E-state index in [0.29, 0.717) is 0 Å². The molecule has 0 fully saturated rings. The van der Waals surface area contributed by atoms with Crippen LogP contribution >= 0.6 is 0 Å². The predicted octanol–water partition coefficient (Wildman–Crippen LogP) is 2.18. The lowest BCUT2D eigenvalue weighted by Crippen LogP contribution is -2.34. The van der Waals surface area contributed by atoms with Crippen LogP contribution in [0, 0.1) is 12.3 Å². The van der Waals surface area contributed by atoms with E-state index in [9.17, 15) is 0 Å². The van der Waals surface area contributed by atoms with Gasteiger partial charge in [0.1, 0.15) is 5.82 Å². The molecule has 1 heterocycles. The molecule has 1 aromatic rings. The van der Waals surface area contributed by atoms with E-state index in [2.05, 4.69) is 50.2 Å². The van der Waals surface area contributed by atoms with Gasteiger partial charge < -0.3 is 16.0 Å². The van der Waals surface area contributed by atoms with Gasteiger partial charge in [-0.2, -0.15) is 5.10 Å². The lowest BCUT2D eigenvalue weighted by atomic mass is 9.93. The van der Waals surface area contributed by atoms with Gasteiger partial charge in [-0.05, 0) is 32.9 Å². The largest absolute Gasteiger partial charge is 0.394 e. The molecule has 0 aromatic carbocycles. The third kappa shape index (κ3) is 4.42. The quantitative estimate of drug-likeness (QED) is 0.795. The minimum atomic E-state index is 0.186. The zero-order valence-corrected chi connectivity index (χ0v) is 13.2. The highest BCUT2D eigenvalue weighted by Gasteiger charge is 2.20. The van der Waals surface area contributed by atoms with Gasteiger partial charge in [-0.1, -0.05) is 20.8 Å².